The van der Waals surface area contributed by atoms with Crippen LogP contribution in [0.25, 0.3) is 0 Å². The van der Waals surface area contributed by atoms with Crippen LogP contribution in [0.4, 0.5) is 0 Å². The number of hydrogen-bond acceptors (Lipinski definition) is 9. The minimum Gasteiger partial charge on any atom is -0.505 e. The monoisotopic (exact) mass is 592 g/mol. The molecule has 3 aromatic rings. The van der Waals surface area contributed by atoms with Gasteiger partial charge in [0.25, 0.3) is 5.91 Å². The number of amides is 3. The van der Waals surface area contributed by atoms with Gasteiger partial charge >= 0.3 is 7.12 Å². The molecule has 0 fully saturated rings. The zero-order valence-electron chi connectivity index (χ0n) is 24.5. The first-order chi connectivity index (χ1) is 20.5. The number of rotatable bonds is 14. The molecule has 0 radical (unpaired) electrons. The lowest BCUT2D eigenvalue weighted by molar-refractivity contribution is -0.131. The van der Waals surface area contributed by atoms with Gasteiger partial charge in [-0.25, -0.2) is 4.98 Å². The quantitative estimate of drug-likeness (QED) is 0.149. The van der Waals surface area contributed by atoms with Gasteiger partial charge in [0.15, 0.2) is 5.69 Å². The molecule has 0 bridgehead atoms. The molecule has 0 spiro atoms. The first kappa shape index (κ1) is 32.9. The van der Waals surface area contributed by atoms with Crippen molar-refractivity contribution in [3.8, 4) is 17.2 Å². The fraction of sp³-hybridized carbons (Fsp3) is 0.333. The number of ether oxygens (including phenoxy) is 2. The summed E-state index contributed by atoms with van der Waals surface area (Å²) in [5, 5.41) is 38.0. The summed E-state index contributed by atoms with van der Waals surface area (Å²) >= 11 is 0. The second kappa shape index (κ2) is 15.6. The van der Waals surface area contributed by atoms with Crippen molar-refractivity contribution < 1.29 is 39.0 Å². The summed E-state index contributed by atoms with van der Waals surface area (Å²) in [6, 6.07) is 14.4. The van der Waals surface area contributed by atoms with E-state index in [1.807, 2.05) is 0 Å². The molecule has 1 aromatic heterocycles. The molecule has 228 valence electrons. The molecule has 0 unspecified atom stereocenters. The van der Waals surface area contributed by atoms with Gasteiger partial charge < -0.3 is 40.6 Å². The maximum absolute atomic E-state index is 13.6. The number of aromatic hydroxyl groups is 1. The fourth-order valence-electron chi connectivity index (χ4n) is 4.31. The Labute approximate surface area is 250 Å². The van der Waals surface area contributed by atoms with E-state index in [0.717, 1.165) is 5.56 Å². The second-order valence-electron chi connectivity index (χ2n) is 10.3. The van der Waals surface area contributed by atoms with Gasteiger partial charge in [-0.05, 0) is 59.9 Å². The Morgan fingerprint density at radius 1 is 0.814 bits per heavy atom. The summed E-state index contributed by atoms with van der Waals surface area (Å²) in [4.78, 5) is 43.8. The van der Waals surface area contributed by atoms with E-state index in [2.05, 4.69) is 20.9 Å². The molecule has 3 atom stereocenters. The van der Waals surface area contributed by atoms with Crippen LogP contribution in [0, 0.1) is 5.92 Å². The summed E-state index contributed by atoms with van der Waals surface area (Å²) in [5.41, 5.74) is 1.16. The van der Waals surface area contributed by atoms with Crippen LogP contribution in [0.15, 0.2) is 66.9 Å². The summed E-state index contributed by atoms with van der Waals surface area (Å²) in [6.45, 7) is 3.45. The zero-order valence-corrected chi connectivity index (χ0v) is 24.5. The van der Waals surface area contributed by atoms with Crippen molar-refractivity contribution in [2.75, 3.05) is 14.2 Å². The third-order valence-corrected chi connectivity index (χ3v) is 6.77. The number of pyridine rings is 1. The minimum absolute atomic E-state index is 0.0526. The Bertz CT molecular complexity index is 1370. The van der Waals surface area contributed by atoms with Gasteiger partial charge in [0.1, 0.15) is 29.3 Å². The maximum Gasteiger partial charge on any atom is 0.475 e. The van der Waals surface area contributed by atoms with Crippen molar-refractivity contribution in [3.05, 3.63) is 83.7 Å². The Hall–Kier alpha value is -4.62. The van der Waals surface area contributed by atoms with Gasteiger partial charge in [-0.15, -0.1) is 0 Å². The predicted molar refractivity (Wildman–Crippen MR) is 159 cm³/mol. The SMILES string of the molecule is COc1ccc(C[C@H](NC(=O)[C@@H](NC(=O)[C@H](Cc2ccc(OC)cc2)NC(=O)c2ncccc2O)C(C)C)B(O)O)cc1. The molecule has 13 heteroatoms. The highest BCUT2D eigenvalue weighted by molar-refractivity contribution is 6.43. The molecule has 0 aliphatic rings. The highest BCUT2D eigenvalue weighted by atomic mass is 16.5. The molecule has 1 heterocycles. The van der Waals surface area contributed by atoms with E-state index in [4.69, 9.17) is 9.47 Å². The predicted octanol–water partition coefficient (Wildman–Crippen LogP) is 1.03. The van der Waals surface area contributed by atoms with Gasteiger partial charge in [0, 0.05) is 12.6 Å². The van der Waals surface area contributed by atoms with Crippen LogP contribution in [-0.4, -0.2) is 77.2 Å². The van der Waals surface area contributed by atoms with Crippen LogP contribution < -0.4 is 25.4 Å². The standard InChI is InChI=1S/C30H37BN4O8/c1-18(2)26(29(38)34-25(31(40)41)17-20-9-13-22(43-4)14-10-20)35-28(37)23(16-19-7-11-21(42-3)12-8-19)33-30(39)27-24(36)6-5-15-32-27/h5-15,18,23,25-26,36,40-41H,16-17H2,1-4H3,(H,33,39)(H,34,38)(H,35,37)/t23-,25-,26-/m0/s1. The van der Waals surface area contributed by atoms with Crippen LogP contribution in [0.1, 0.15) is 35.5 Å². The van der Waals surface area contributed by atoms with Crippen molar-refractivity contribution in [2.24, 2.45) is 5.92 Å². The van der Waals surface area contributed by atoms with Crippen molar-refractivity contribution >= 4 is 24.8 Å². The number of nitrogens with one attached hydrogen (secondary N) is 3. The minimum atomic E-state index is -1.87. The van der Waals surface area contributed by atoms with Crippen LogP contribution >= 0.6 is 0 Å². The normalized spacial score (nSPS) is 12.9. The van der Waals surface area contributed by atoms with Crippen molar-refractivity contribution in [1.82, 2.24) is 20.9 Å². The van der Waals surface area contributed by atoms with Crippen molar-refractivity contribution in [3.63, 3.8) is 0 Å². The number of carbonyl (C=O) groups excluding carboxylic acids is 3. The Balaban J connectivity index is 1.79. The molecular weight excluding hydrogens is 555 g/mol. The molecule has 12 nitrogen and oxygen atoms in total. The van der Waals surface area contributed by atoms with Crippen molar-refractivity contribution in [2.45, 2.75) is 44.7 Å². The smallest absolute Gasteiger partial charge is 0.475 e. The summed E-state index contributed by atoms with van der Waals surface area (Å²) in [6.07, 6.45) is 1.50. The van der Waals surface area contributed by atoms with E-state index in [0.29, 0.717) is 17.1 Å². The molecular formula is C30H37BN4O8. The number of nitrogens with zero attached hydrogens (tertiary/aromatic N) is 1. The van der Waals surface area contributed by atoms with E-state index in [1.54, 1.807) is 62.4 Å². The van der Waals surface area contributed by atoms with Crippen LogP contribution in [0.5, 0.6) is 17.2 Å². The number of methoxy groups -OCH3 is 2. The van der Waals surface area contributed by atoms with Crippen LogP contribution in [0.2, 0.25) is 0 Å². The van der Waals surface area contributed by atoms with E-state index in [9.17, 15) is 29.5 Å². The second-order valence-corrected chi connectivity index (χ2v) is 10.3. The van der Waals surface area contributed by atoms with Crippen LogP contribution in [-0.2, 0) is 22.4 Å². The largest absolute Gasteiger partial charge is 0.505 e. The average molecular weight is 592 g/mol. The Morgan fingerprint density at radius 2 is 1.37 bits per heavy atom. The lowest BCUT2D eigenvalue weighted by atomic mass is 9.75. The number of benzene rings is 2. The number of hydrogen-bond donors (Lipinski definition) is 6. The zero-order chi connectivity index (χ0) is 31.5. The fourth-order valence-corrected chi connectivity index (χ4v) is 4.31. The lowest BCUT2D eigenvalue weighted by Crippen LogP contribution is -2.59. The summed E-state index contributed by atoms with van der Waals surface area (Å²) in [7, 11) is 1.19. The van der Waals surface area contributed by atoms with Gasteiger partial charge in [0.05, 0.1) is 20.2 Å². The van der Waals surface area contributed by atoms with E-state index < -0.39 is 48.8 Å². The molecule has 3 rings (SSSR count). The third-order valence-electron chi connectivity index (χ3n) is 6.77. The van der Waals surface area contributed by atoms with Gasteiger partial charge in [-0.2, -0.15) is 0 Å². The Kier molecular flexibility index (Phi) is 11.9. The van der Waals surface area contributed by atoms with E-state index >= 15 is 0 Å². The third kappa shape index (κ3) is 9.45. The van der Waals surface area contributed by atoms with Crippen molar-refractivity contribution in [1.29, 1.82) is 0 Å². The lowest BCUT2D eigenvalue weighted by Gasteiger charge is -2.27. The van der Waals surface area contributed by atoms with Crippen LogP contribution in [0.3, 0.4) is 0 Å². The molecule has 43 heavy (non-hydrogen) atoms. The topological polar surface area (TPSA) is 179 Å². The highest BCUT2D eigenvalue weighted by Gasteiger charge is 2.33. The molecule has 0 aliphatic carbocycles. The molecule has 0 saturated heterocycles. The van der Waals surface area contributed by atoms with Gasteiger partial charge in [-0.1, -0.05) is 38.1 Å². The van der Waals surface area contributed by atoms with E-state index in [-0.39, 0.29) is 24.3 Å². The molecule has 0 saturated carbocycles. The molecule has 2 aromatic carbocycles. The van der Waals surface area contributed by atoms with E-state index in [1.165, 1.54) is 32.5 Å². The first-order valence-electron chi connectivity index (χ1n) is 13.7. The molecule has 0 aliphatic heterocycles. The number of carbonyl (C=O) groups is 3. The highest BCUT2D eigenvalue weighted by Crippen LogP contribution is 2.17. The summed E-state index contributed by atoms with van der Waals surface area (Å²) in [5.74, 6) is -2.66. The molecule has 6 N–H and O–H groups in total. The first-order valence-corrected chi connectivity index (χ1v) is 13.7. The molecule has 3 amide bonds. The van der Waals surface area contributed by atoms with Gasteiger partial charge in [0.2, 0.25) is 11.8 Å². The van der Waals surface area contributed by atoms with Gasteiger partial charge in [-0.3, -0.25) is 14.4 Å². The average Bonchev–Trinajstić information content (AvgIpc) is 2.99. The summed E-state index contributed by atoms with van der Waals surface area (Å²) < 4.78 is 10.3. The maximum atomic E-state index is 13.6. The Morgan fingerprint density at radius 3 is 1.86 bits per heavy atom. The number of aromatic nitrogens is 1.